The van der Waals surface area contributed by atoms with Gasteiger partial charge in [-0.1, -0.05) is 12.8 Å². The zero-order chi connectivity index (χ0) is 24.8. The largest absolute Gasteiger partial charge is 0.459 e. The molecule has 0 bridgehead atoms. The van der Waals surface area contributed by atoms with Crippen LogP contribution in [0.2, 0.25) is 0 Å². The molecule has 198 valence electrons. The molecule has 0 radical (unpaired) electrons. The van der Waals surface area contributed by atoms with Gasteiger partial charge in [-0.3, -0.25) is 0 Å². The van der Waals surface area contributed by atoms with Crippen LogP contribution in [0.4, 0.5) is 0 Å². The first-order valence-corrected chi connectivity index (χ1v) is 12.9. The normalized spacial score (nSPS) is 32.8. The fourth-order valence-corrected chi connectivity index (χ4v) is 4.75. The molecule has 4 heterocycles. The van der Waals surface area contributed by atoms with E-state index in [1.54, 1.807) is 0 Å². The molecule has 36 heavy (non-hydrogen) atoms. The molecule has 0 amide bonds. The Bertz CT molecular complexity index is 811. The summed E-state index contributed by atoms with van der Waals surface area (Å²) in [6.07, 6.45) is 6.64. The van der Waals surface area contributed by atoms with E-state index >= 15 is 0 Å². The average molecular weight is 507 g/mol. The van der Waals surface area contributed by atoms with E-state index in [2.05, 4.69) is 0 Å². The Morgan fingerprint density at radius 3 is 1.56 bits per heavy atom. The van der Waals surface area contributed by atoms with E-state index in [4.69, 9.17) is 37.9 Å². The monoisotopic (exact) mass is 506 g/mol. The van der Waals surface area contributed by atoms with E-state index in [0.717, 1.165) is 38.5 Å². The molecular formula is C26H34O10. The fraction of sp³-hybridized carbons (Fsp3) is 0.692. The summed E-state index contributed by atoms with van der Waals surface area (Å²) in [7, 11) is 0. The van der Waals surface area contributed by atoms with Crippen LogP contribution in [0.15, 0.2) is 24.3 Å². The number of ether oxygens (including phenoxy) is 8. The second kappa shape index (κ2) is 11.5. The van der Waals surface area contributed by atoms with Crippen LogP contribution in [0.1, 0.15) is 72.1 Å². The summed E-state index contributed by atoms with van der Waals surface area (Å²) in [5.41, 5.74) is 0.650. The summed E-state index contributed by atoms with van der Waals surface area (Å²) in [6, 6.07) is 6.13. The van der Waals surface area contributed by atoms with Gasteiger partial charge in [-0.15, -0.1) is 0 Å². The van der Waals surface area contributed by atoms with E-state index in [1.165, 1.54) is 24.3 Å². The van der Waals surface area contributed by atoms with E-state index in [0.29, 0.717) is 50.4 Å². The molecule has 10 nitrogen and oxygen atoms in total. The van der Waals surface area contributed by atoms with Crippen molar-refractivity contribution in [3.63, 3.8) is 0 Å². The zero-order valence-corrected chi connectivity index (χ0v) is 20.4. The van der Waals surface area contributed by atoms with Crippen molar-refractivity contribution in [1.29, 1.82) is 0 Å². The van der Waals surface area contributed by atoms with Crippen LogP contribution in [0.5, 0.6) is 0 Å². The van der Waals surface area contributed by atoms with Gasteiger partial charge in [-0.2, -0.15) is 0 Å². The molecule has 0 aromatic heterocycles. The van der Waals surface area contributed by atoms with Crippen molar-refractivity contribution in [3.05, 3.63) is 35.4 Å². The lowest BCUT2D eigenvalue weighted by Gasteiger charge is -2.25. The van der Waals surface area contributed by atoms with Crippen LogP contribution >= 0.6 is 0 Å². The van der Waals surface area contributed by atoms with Gasteiger partial charge in [0.2, 0.25) is 0 Å². The third-order valence-corrected chi connectivity index (χ3v) is 6.73. The molecule has 1 aromatic rings. The summed E-state index contributed by atoms with van der Waals surface area (Å²) in [6.45, 7) is 1.92. The predicted octanol–water partition coefficient (Wildman–Crippen LogP) is 3.32. The van der Waals surface area contributed by atoms with Crippen LogP contribution in [-0.2, 0) is 37.9 Å². The molecule has 2 spiro atoms. The Morgan fingerprint density at radius 2 is 1.11 bits per heavy atom. The maximum absolute atomic E-state index is 12.5. The average Bonchev–Trinajstić information content (AvgIpc) is 3.30. The first-order chi connectivity index (χ1) is 17.5. The molecule has 4 atom stereocenters. The first-order valence-electron chi connectivity index (χ1n) is 12.9. The molecule has 1 aromatic carbocycles. The number of rotatable bonds is 6. The van der Waals surface area contributed by atoms with E-state index in [-0.39, 0.29) is 25.4 Å². The van der Waals surface area contributed by atoms with Gasteiger partial charge < -0.3 is 37.9 Å². The van der Waals surface area contributed by atoms with Crippen LogP contribution in [0.3, 0.4) is 0 Å². The molecule has 0 N–H and O–H groups in total. The predicted molar refractivity (Wildman–Crippen MR) is 123 cm³/mol. The van der Waals surface area contributed by atoms with Crippen molar-refractivity contribution >= 4 is 11.9 Å². The molecule has 10 heteroatoms. The molecular weight excluding hydrogens is 472 g/mol. The number of hydrogen-bond acceptors (Lipinski definition) is 10. The maximum Gasteiger partial charge on any atom is 0.338 e. The summed E-state index contributed by atoms with van der Waals surface area (Å²) >= 11 is 0. The number of benzene rings is 1. The summed E-state index contributed by atoms with van der Waals surface area (Å²) < 4.78 is 45.6. The highest BCUT2D eigenvalue weighted by molar-refractivity contribution is 5.93. The lowest BCUT2D eigenvalue weighted by Crippen LogP contribution is -2.34. The third-order valence-electron chi connectivity index (χ3n) is 6.73. The van der Waals surface area contributed by atoms with Crippen molar-refractivity contribution < 1.29 is 47.5 Å². The standard InChI is InChI=1S/C26H34O10/c27-23(29-15-21-17-33-25(35-21)11-3-1-5-13-31-25)19-7-9-20(10-8-19)24(28)30-16-22-18-34-26(36-22)12-4-2-6-14-32-26/h7-10,21-22H,1-6,11-18H2. The minimum Gasteiger partial charge on any atom is -0.459 e. The van der Waals surface area contributed by atoms with Gasteiger partial charge in [0.1, 0.15) is 25.4 Å². The second-order valence-electron chi connectivity index (χ2n) is 9.56. The van der Waals surface area contributed by atoms with Crippen molar-refractivity contribution in [3.8, 4) is 0 Å². The zero-order valence-electron chi connectivity index (χ0n) is 20.4. The van der Waals surface area contributed by atoms with Crippen LogP contribution in [0.25, 0.3) is 0 Å². The van der Waals surface area contributed by atoms with E-state index < -0.39 is 23.9 Å². The Morgan fingerprint density at radius 1 is 0.667 bits per heavy atom. The number of carbonyl (C=O) groups is 2. The third kappa shape index (κ3) is 6.24. The molecule has 4 aliphatic rings. The molecule has 4 saturated heterocycles. The molecule has 4 unspecified atom stereocenters. The molecule has 4 aliphatic heterocycles. The Hall–Kier alpha value is -2.08. The highest BCUT2D eigenvalue weighted by Gasteiger charge is 2.44. The second-order valence-corrected chi connectivity index (χ2v) is 9.56. The molecule has 4 fully saturated rings. The first kappa shape index (κ1) is 25.6. The van der Waals surface area contributed by atoms with E-state index in [9.17, 15) is 9.59 Å². The van der Waals surface area contributed by atoms with Crippen LogP contribution in [-0.4, -0.2) is 75.7 Å². The number of hydrogen-bond donors (Lipinski definition) is 0. The van der Waals surface area contributed by atoms with Gasteiger partial charge in [0.05, 0.1) is 37.6 Å². The lowest BCUT2D eigenvalue weighted by molar-refractivity contribution is -0.337. The van der Waals surface area contributed by atoms with E-state index in [1.807, 2.05) is 0 Å². The minimum atomic E-state index is -1.01. The van der Waals surface area contributed by atoms with Crippen molar-refractivity contribution in [2.75, 3.05) is 39.6 Å². The van der Waals surface area contributed by atoms with Gasteiger partial charge in [0.15, 0.2) is 0 Å². The van der Waals surface area contributed by atoms with Crippen molar-refractivity contribution in [2.45, 2.75) is 75.5 Å². The quantitative estimate of drug-likeness (QED) is 0.533. The van der Waals surface area contributed by atoms with Crippen LogP contribution < -0.4 is 0 Å². The Kier molecular flexibility index (Phi) is 8.19. The van der Waals surface area contributed by atoms with Gasteiger partial charge in [0.25, 0.3) is 11.9 Å². The van der Waals surface area contributed by atoms with Gasteiger partial charge in [-0.05, 0) is 49.9 Å². The summed E-state index contributed by atoms with van der Waals surface area (Å²) in [5.74, 6) is -3.03. The van der Waals surface area contributed by atoms with Gasteiger partial charge >= 0.3 is 11.9 Å². The van der Waals surface area contributed by atoms with Crippen molar-refractivity contribution in [2.24, 2.45) is 0 Å². The SMILES string of the molecule is O=C(OCC1COC2(CCCCCO2)O1)c1ccc(C(=O)OCC2COC3(CCCCCO3)O2)cc1. The van der Waals surface area contributed by atoms with Gasteiger partial charge in [-0.25, -0.2) is 9.59 Å². The Balaban J connectivity index is 1.05. The fourth-order valence-electron chi connectivity index (χ4n) is 4.75. The highest BCUT2D eigenvalue weighted by Crippen LogP contribution is 2.34. The Labute approximate surface area is 210 Å². The molecule has 0 saturated carbocycles. The lowest BCUT2D eigenvalue weighted by atomic mass is 10.1. The maximum atomic E-state index is 12.5. The van der Waals surface area contributed by atoms with Gasteiger partial charge in [0, 0.05) is 12.8 Å². The highest BCUT2D eigenvalue weighted by atomic mass is 16.9. The summed E-state index contributed by atoms with van der Waals surface area (Å²) in [5, 5.41) is 0. The van der Waals surface area contributed by atoms with Crippen molar-refractivity contribution in [1.82, 2.24) is 0 Å². The number of carbonyl (C=O) groups excluding carboxylic acids is 2. The topological polar surface area (TPSA) is 108 Å². The number of esters is 2. The summed E-state index contributed by atoms with van der Waals surface area (Å²) in [4.78, 5) is 24.9. The molecule has 5 rings (SSSR count). The molecule has 0 aliphatic carbocycles. The van der Waals surface area contributed by atoms with Crippen LogP contribution in [0, 0.1) is 0 Å². The minimum absolute atomic E-state index is 0.0579. The smallest absolute Gasteiger partial charge is 0.338 e.